The van der Waals surface area contributed by atoms with Gasteiger partial charge in [-0.2, -0.15) is 10.4 Å². The third-order valence-electron chi connectivity index (χ3n) is 3.53. The van der Waals surface area contributed by atoms with Crippen molar-refractivity contribution in [2.75, 3.05) is 5.01 Å². The van der Waals surface area contributed by atoms with Crippen LogP contribution >= 0.6 is 15.9 Å². The summed E-state index contributed by atoms with van der Waals surface area (Å²) < 4.78 is 0.963. The van der Waals surface area contributed by atoms with Crippen molar-refractivity contribution in [2.24, 2.45) is 5.10 Å². The van der Waals surface area contributed by atoms with Gasteiger partial charge < -0.3 is 0 Å². The molecule has 1 aliphatic heterocycles. The van der Waals surface area contributed by atoms with Crippen molar-refractivity contribution in [1.29, 1.82) is 5.26 Å². The highest BCUT2D eigenvalue weighted by molar-refractivity contribution is 9.10. The van der Waals surface area contributed by atoms with Crippen LogP contribution in [-0.2, 0) is 4.79 Å². The predicted molar refractivity (Wildman–Crippen MR) is 88.5 cm³/mol. The fraction of sp³-hybridized carbons (Fsp3) is 0.118. The number of nitriles is 1. The summed E-state index contributed by atoms with van der Waals surface area (Å²) in [4.78, 5) is 12.1. The Morgan fingerprint density at radius 1 is 1.14 bits per heavy atom. The summed E-state index contributed by atoms with van der Waals surface area (Å²) in [5, 5.41) is 15.1. The Morgan fingerprint density at radius 2 is 1.82 bits per heavy atom. The van der Waals surface area contributed by atoms with Gasteiger partial charge in [0.15, 0.2) is 5.78 Å². The number of carbonyl (C=O) groups is 1. The highest BCUT2D eigenvalue weighted by Gasteiger charge is 2.31. The molecule has 0 amide bonds. The van der Waals surface area contributed by atoms with E-state index in [1.165, 1.54) is 0 Å². The number of carbonyl (C=O) groups excluding carboxylic acids is 1. The minimum atomic E-state index is -0.218. The summed E-state index contributed by atoms with van der Waals surface area (Å²) >= 11 is 3.40. The summed E-state index contributed by atoms with van der Waals surface area (Å²) in [5.41, 5.74) is 1.80. The maximum absolute atomic E-state index is 12.1. The molecule has 108 valence electrons. The summed E-state index contributed by atoms with van der Waals surface area (Å²) in [7, 11) is 0. The molecule has 3 rings (SSSR count). The highest BCUT2D eigenvalue weighted by Crippen LogP contribution is 2.33. The molecule has 0 radical (unpaired) electrons. The van der Waals surface area contributed by atoms with Crippen molar-refractivity contribution >= 4 is 33.1 Å². The fourth-order valence-electron chi connectivity index (χ4n) is 2.44. The minimum absolute atomic E-state index is 0.0462. The lowest BCUT2D eigenvalue weighted by atomic mass is 9.97. The molecule has 0 saturated carbocycles. The third-order valence-corrected chi connectivity index (χ3v) is 4.06. The number of halogens is 1. The van der Waals surface area contributed by atoms with Crippen LogP contribution in [0.25, 0.3) is 0 Å². The van der Waals surface area contributed by atoms with Gasteiger partial charge in [0.25, 0.3) is 0 Å². The third kappa shape index (κ3) is 2.78. The highest BCUT2D eigenvalue weighted by atomic mass is 79.9. The Labute approximate surface area is 136 Å². The largest absolute Gasteiger partial charge is 0.291 e. The van der Waals surface area contributed by atoms with Gasteiger partial charge >= 0.3 is 0 Å². The van der Waals surface area contributed by atoms with Gasteiger partial charge in [0.1, 0.15) is 6.07 Å². The molecule has 0 saturated heterocycles. The van der Waals surface area contributed by atoms with Gasteiger partial charge in [0, 0.05) is 10.9 Å². The van der Waals surface area contributed by atoms with Crippen LogP contribution in [0.1, 0.15) is 18.0 Å². The monoisotopic (exact) mass is 353 g/mol. The van der Waals surface area contributed by atoms with Crippen molar-refractivity contribution in [3.8, 4) is 6.07 Å². The molecule has 0 unspecified atom stereocenters. The zero-order valence-corrected chi connectivity index (χ0v) is 13.2. The van der Waals surface area contributed by atoms with E-state index in [0.717, 1.165) is 15.7 Å². The average molecular weight is 354 g/mol. The molecule has 2 aromatic carbocycles. The predicted octanol–water partition coefficient (Wildman–Crippen LogP) is 3.85. The average Bonchev–Trinajstić information content (AvgIpc) is 2.56. The molecule has 0 N–H and O–H groups in total. The van der Waals surface area contributed by atoms with Crippen LogP contribution in [0.15, 0.2) is 64.2 Å². The minimum Gasteiger partial charge on any atom is -0.291 e. The first-order valence-corrected chi connectivity index (χ1v) is 7.60. The zero-order valence-electron chi connectivity index (χ0n) is 11.6. The summed E-state index contributed by atoms with van der Waals surface area (Å²) in [6.07, 6.45) is 0.243. The van der Waals surface area contributed by atoms with E-state index in [4.69, 9.17) is 5.26 Å². The molecule has 0 bridgehead atoms. The molecule has 4 nitrogen and oxygen atoms in total. The molecule has 1 aliphatic rings. The SMILES string of the molecule is N#CC1=NN(c2ccc(Br)cc2)[C@@H](c2ccccc2)CC1=O. The maximum atomic E-state index is 12.1. The number of hydrogen-bond donors (Lipinski definition) is 0. The van der Waals surface area contributed by atoms with E-state index in [9.17, 15) is 4.79 Å². The van der Waals surface area contributed by atoms with Gasteiger partial charge in [-0.1, -0.05) is 46.3 Å². The molecule has 0 aliphatic carbocycles. The number of benzene rings is 2. The summed E-state index contributed by atoms with van der Waals surface area (Å²) in [6.45, 7) is 0. The van der Waals surface area contributed by atoms with Gasteiger partial charge in [-0.05, 0) is 29.8 Å². The second-order valence-electron chi connectivity index (χ2n) is 4.94. The molecular formula is C17H12BrN3O. The number of nitrogens with zero attached hydrogens (tertiary/aromatic N) is 3. The molecular weight excluding hydrogens is 342 g/mol. The lowest BCUT2D eigenvalue weighted by Crippen LogP contribution is -2.34. The number of ketones is 1. The smallest absolute Gasteiger partial charge is 0.203 e. The van der Waals surface area contributed by atoms with E-state index < -0.39 is 0 Å². The molecule has 2 aromatic rings. The first-order valence-electron chi connectivity index (χ1n) is 6.80. The topological polar surface area (TPSA) is 56.5 Å². The second-order valence-corrected chi connectivity index (χ2v) is 5.85. The normalized spacial score (nSPS) is 17.8. The molecule has 22 heavy (non-hydrogen) atoms. The van der Waals surface area contributed by atoms with E-state index in [0.29, 0.717) is 0 Å². The number of hydrazone groups is 1. The molecule has 0 aromatic heterocycles. The van der Waals surface area contributed by atoms with Crippen LogP contribution in [0.2, 0.25) is 0 Å². The Morgan fingerprint density at radius 3 is 2.45 bits per heavy atom. The molecule has 0 fully saturated rings. The van der Waals surface area contributed by atoms with Crippen LogP contribution in [0.5, 0.6) is 0 Å². The van der Waals surface area contributed by atoms with E-state index in [-0.39, 0.29) is 24.0 Å². The van der Waals surface area contributed by atoms with Gasteiger partial charge in [0.2, 0.25) is 5.71 Å². The van der Waals surface area contributed by atoms with Gasteiger partial charge in [-0.25, -0.2) is 0 Å². The van der Waals surface area contributed by atoms with Gasteiger partial charge in [-0.15, -0.1) is 0 Å². The quantitative estimate of drug-likeness (QED) is 0.823. The van der Waals surface area contributed by atoms with Gasteiger partial charge in [-0.3, -0.25) is 9.80 Å². The lowest BCUT2D eigenvalue weighted by Gasteiger charge is -2.32. The van der Waals surface area contributed by atoms with Crippen molar-refractivity contribution in [3.63, 3.8) is 0 Å². The van der Waals surface area contributed by atoms with Crippen LogP contribution in [0.4, 0.5) is 5.69 Å². The van der Waals surface area contributed by atoms with Crippen LogP contribution in [0, 0.1) is 11.3 Å². The molecule has 0 spiro atoms. The molecule has 1 heterocycles. The molecule has 1 atom stereocenters. The number of hydrogen-bond acceptors (Lipinski definition) is 4. The molecule has 5 heteroatoms. The van der Waals surface area contributed by atoms with Crippen molar-refractivity contribution in [1.82, 2.24) is 0 Å². The van der Waals surface area contributed by atoms with Crippen LogP contribution in [0.3, 0.4) is 0 Å². The fourth-order valence-corrected chi connectivity index (χ4v) is 2.71. The van der Waals surface area contributed by atoms with E-state index >= 15 is 0 Å². The Bertz CT molecular complexity index is 763. The summed E-state index contributed by atoms with van der Waals surface area (Å²) in [5.74, 6) is -0.218. The first kappa shape index (κ1) is 14.5. The van der Waals surface area contributed by atoms with Gasteiger partial charge in [0.05, 0.1) is 11.7 Å². The second kappa shape index (κ2) is 6.12. The maximum Gasteiger partial charge on any atom is 0.203 e. The summed E-state index contributed by atoms with van der Waals surface area (Å²) in [6, 6.07) is 19.1. The van der Waals surface area contributed by atoms with Crippen molar-refractivity contribution < 1.29 is 4.79 Å². The van der Waals surface area contributed by atoms with E-state index in [1.54, 1.807) is 5.01 Å². The number of Topliss-reactive ketones (excluding diaryl/α,β-unsaturated/α-hetero) is 1. The zero-order chi connectivity index (χ0) is 15.5. The van der Waals surface area contributed by atoms with Crippen molar-refractivity contribution in [3.05, 3.63) is 64.6 Å². The number of anilines is 1. The Kier molecular flexibility index (Phi) is 4.03. The van der Waals surface area contributed by atoms with Crippen LogP contribution < -0.4 is 5.01 Å². The Hall–Kier alpha value is -2.45. The first-order chi connectivity index (χ1) is 10.7. The standard InChI is InChI=1S/C17H12BrN3O/c18-13-6-8-14(9-7-13)21-16(12-4-2-1-3-5-12)10-17(22)15(11-19)20-21/h1-9,16H,10H2/t16-/m1/s1. The van der Waals surface area contributed by atoms with E-state index in [1.807, 2.05) is 60.7 Å². The lowest BCUT2D eigenvalue weighted by molar-refractivity contribution is -0.113. The van der Waals surface area contributed by atoms with Crippen molar-refractivity contribution in [2.45, 2.75) is 12.5 Å². The Balaban J connectivity index is 2.07. The number of rotatable bonds is 2. The van der Waals surface area contributed by atoms with Crippen LogP contribution in [-0.4, -0.2) is 11.5 Å². The van der Waals surface area contributed by atoms with E-state index in [2.05, 4.69) is 21.0 Å².